The molecule has 16 heavy (non-hydrogen) atoms. The minimum Gasteiger partial charge on any atom is -0.306 e. The third kappa shape index (κ3) is 3.13. The van der Waals surface area contributed by atoms with Crippen LogP contribution in [0.15, 0.2) is 18.2 Å². The fourth-order valence-electron chi connectivity index (χ4n) is 2.27. The van der Waals surface area contributed by atoms with Crippen LogP contribution in [0.25, 0.3) is 0 Å². The number of halogens is 2. The summed E-state index contributed by atoms with van der Waals surface area (Å²) in [5, 5.41) is 1.32. The molecule has 0 bridgehead atoms. The first-order valence-corrected chi connectivity index (χ1v) is 6.53. The Morgan fingerprint density at radius 2 is 1.88 bits per heavy atom. The summed E-state index contributed by atoms with van der Waals surface area (Å²) in [7, 11) is 2.19. The molecule has 0 N–H and O–H groups in total. The van der Waals surface area contributed by atoms with Crippen LogP contribution < -0.4 is 0 Å². The number of nitrogens with zero attached hydrogens (tertiary/aromatic N) is 1. The summed E-state index contributed by atoms with van der Waals surface area (Å²) in [5.41, 5.74) is 1.31. The van der Waals surface area contributed by atoms with Crippen molar-refractivity contribution in [3.8, 4) is 0 Å². The topological polar surface area (TPSA) is 3.24 Å². The number of rotatable bonds is 2. The van der Waals surface area contributed by atoms with Gasteiger partial charge >= 0.3 is 0 Å². The molecule has 0 atom stereocenters. The third-order valence-corrected chi connectivity index (χ3v) is 4.09. The van der Waals surface area contributed by atoms with E-state index < -0.39 is 0 Å². The van der Waals surface area contributed by atoms with E-state index in [0.29, 0.717) is 10.0 Å². The summed E-state index contributed by atoms with van der Waals surface area (Å²) in [5.74, 6) is 0.799. The van der Waals surface area contributed by atoms with Crippen molar-refractivity contribution >= 4 is 23.2 Å². The Morgan fingerprint density at radius 3 is 2.50 bits per heavy atom. The van der Waals surface area contributed by atoms with E-state index in [1.807, 2.05) is 12.1 Å². The average molecular weight is 258 g/mol. The van der Waals surface area contributed by atoms with Crippen LogP contribution in [0.3, 0.4) is 0 Å². The van der Waals surface area contributed by atoms with Crippen LogP contribution in [-0.2, 0) is 6.42 Å². The maximum absolute atomic E-state index is 6.01. The maximum Gasteiger partial charge on any atom is 0.0595 e. The average Bonchev–Trinajstić information content (AvgIpc) is 2.27. The number of piperidine rings is 1. The van der Waals surface area contributed by atoms with Crippen molar-refractivity contribution in [2.24, 2.45) is 5.92 Å². The Morgan fingerprint density at radius 1 is 1.19 bits per heavy atom. The highest BCUT2D eigenvalue weighted by atomic mass is 35.5. The summed E-state index contributed by atoms with van der Waals surface area (Å²) < 4.78 is 0. The van der Waals surface area contributed by atoms with Crippen LogP contribution in [0.4, 0.5) is 0 Å². The summed E-state index contributed by atoms with van der Waals surface area (Å²) in [6.45, 7) is 2.43. The van der Waals surface area contributed by atoms with Gasteiger partial charge in [0.1, 0.15) is 0 Å². The van der Waals surface area contributed by atoms with Gasteiger partial charge in [-0.15, -0.1) is 0 Å². The van der Waals surface area contributed by atoms with Gasteiger partial charge in [-0.3, -0.25) is 0 Å². The van der Waals surface area contributed by atoms with Gasteiger partial charge in [0.05, 0.1) is 10.0 Å². The van der Waals surface area contributed by atoms with Gasteiger partial charge in [0.15, 0.2) is 0 Å². The molecular formula is C13H17Cl2N. The molecule has 3 heteroatoms. The first-order valence-electron chi connectivity index (χ1n) is 5.77. The molecule has 0 aromatic heterocycles. The molecule has 1 aromatic rings. The van der Waals surface area contributed by atoms with Gasteiger partial charge in [-0.05, 0) is 63.0 Å². The Hall–Kier alpha value is -0.240. The SMILES string of the molecule is CN1CCC(Cc2ccc(Cl)c(Cl)c2)CC1. The summed E-state index contributed by atoms with van der Waals surface area (Å²) in [6.07, 6.45) is 3.71. The second-order valence-electron chi connectivity index (χ2n) is 4.70. The largest absolute Gasteiger partial charge is 0.306 e. The molecular weight excluding hydrogens is 241 g/mol. The van der Waals surface area contributed by atoms with E-state index in [1.165, 1.54) is 31.5 Å². The van der Waals surface area contributed by atoms with Gasteiger partial charge in [0.25, 0.3) is 0 Å². The van der Waals surface area contributed by atoms with Gasteiger partial charge in [0, 0.05) is 0 Å². The minimum atomic E-state index is 0.647. The van der Waals surface area contributed by atoms with E-state index in [0.717, 1.165) is 12.3 Å². The Bertz CT molecular complexity index is 357. The van der Waals surface area contributed by atoms with E-state index in [9.17, 15) is 0 Å². The third-order valence-electron chi connectivity index (χ3n) is 3.35. The van der Waals surface area contributed by atoms with Crippen molar-refractivity contribution in [3.63, 3.8) is 0 Å². The molecule has 0 saturated carbocycles. The molecule has 1 saturated heterocycles. The van der Waals surface area contributed by atoms with Crippen molar-refractivity contribution in [3.05, 3.63) is 33.8 Å². The predicted molar refractivity (Wildman–Crippen MR) is 70.4 cm³/mol. The zero-order valence-corrected chi connectivity index (χ0v) is 11.1. The Labute approximate surface area is 107 Å². The van der Waals surface area contributed by atoms with Crippen LogP contribution in [0.5, 0.6) is 0 Å². The van der Waals surface area contributed by atoms with E-state index in [4.69, 9.17) is 23.2 Å². The lowest BCUT2D eigenvalue weighted by Crippen LogP contribution is -2.30. The standard InChI is InChI=1S/C13H17Cl2N/c1-16-6-4-10(5-7-16)8-11-2-3-12(14)13(15)9-11/h2-3,9-10H,4-8H2,1H3. The highest BCUT2D eigenvalue weighted by molar-refractivity contribution is 6.42. The molecule has 1 aliphatic heterocycles. The highest BCUT2D eigenvalue weighted by Gasteiger charge is 2.17. The number of hydrogen-bond donors (Lipinski definition) is 0. The van der Waals surface area contributed by atoms with Crippen molar-refractivity contribution in [1.82, 2.24) is 4.90 Å². The second-order valence-corrected chi connectivity index (χ2v) is 5.51. The van der Waals surface area contributed by atoms with Crippen molar-refractivity contribution in [2.45, 2.75) is 19.3 Å². The lowest BCUT2D eigenvalue weighted by atomic mass is 9.90. The number of likely N-dealkylation sites (tertiary alicyclic amines) is 1. The smallest absolute Gasteiger partial charge is 0.0595 e. The molecule has 0 spiro atoms. The van der Waals surface area contributed by atoms with Gasteiger partial charge in [-0.25, -0.2) is 0 Å². The summed E-state index contributed by atoms with van der Waals surface area (Å²) in [6, 6.07) is 5.99. The monoisotopic (exact) mass is 257 g/mol. The Kier molecular flexibility index (Phi) is 4.12. The lowest BCUT2D eigenvalue weighted by Gasteiger charge is -2.29. The van der Waals surface area contributed by atoms with Gasteiger partial charge in [-0.1, -0.05) is 29.3 Å². The molecule has 1 aliphatic rings. The van der Waals surface area contributed by atoms with Crippen molar-refractivity contribution < 1.29 is 0 Å². The zero-order valence-electron chi connectivity index (χ0n) is 9.55. The quantitative estimate of drug-likeness (QED) is 0.778. The van der Waals surface area contributed by atoms with Crippen LogP contribution in [-0.4, -0.2) is 25.0 Å². The van der Waals surface area contributed by atoms with Crippen molar-refractivity contribution in [2.75, 3.05) is 20.1 Å². The minimum absolute atomic E-state index is 0.647. The molecule has 0 amide bonds. The summed E-state index contributed by atoms with van der Waals surface area (Å²) >= 11 is 11.9. The first-order chi connectivity index (χ1) is 7.65. The van der Waals surface area contributed by atoms with E-state index >= 15 is 0 Å². The fourth-order valence-corrected chi connectivity index (χ4v) is 2.59. The predicted octanol–water partition coefficient (Wildman–Crippen LogP) is 3.88. The molecule has 1 nitrogen and oxygen atoms in total. The molecule has 1 aromatic carbocycles. The molecule has 0 aliphatic carbocycles. The first kappa shape index (κ1) is 12.2. The Balaban J connectivity index is 1.96. The maximum atomic E-state index is 6.01. The van der Waals surface area contributed by atoms with E-state index in [1.54, 1.807) is 0 Å². The highest BCUT2D eigenvalue weighted by Crippen LogP contribution is 2.26. The second kappa shape index (κ2) is 5.39. The fraction of sp³-hybridized carbons (Fsp3) is 0.538. The lowest BCUT2D eigenvalue weighted by molar-refractivity contribution is 0.219. The van der Waals surface area contributed by atoms with Crippen LogP contribution >= 0.6 is 23.2 Å². The normalized spacial score (nSPS) is 18.9. The molecule has 0 radical (unpaired) electrons. The summed E-state index contributed by atoms with van der Waals surface area (Å²) in [4.78, 5) is 2.39. The zero-order chi connectivity index (χ0) is 11.5. The van der Waals surface area contributed by atoms with Gasteiger partial charge in [-0.2, -0.15) is 0 Å². The van der Waals surface area contributed by atoms with E-state index in [2.05, 4.69) is 18.0 Å². The van der Waals surface area contributed by atoms with Crippen LogP contribution in [0.2, 0.25) is 10.0 Å². The molecule has 0 unspecified atom stereocenters. The van der Waals surface area contributed by atoms with Crippen LogP contribution in [0.1, 0.15) is 18.4 Å². The molecule has 1 fully saturated rings. The number of hydrogen-bond acceptors (Lipinski definition) is 1. The number of benzene rings is 1. The molecule has 2 rings (SSSR count). The van der Waals surface area contributed by atoms with Gasteiger partial charge < -0.3 is 4.90 Å². The van der Waals surface area contributed by atoms with Crippen molar-refractivity contribution in [1.29, 1.82) is 0 Å². The van der Waals surface area contributed by atoms with Gasteiger partial charge in [0.2, 0.25) is 0 Å². The van der Waals surface area contributed by atoms with Crippen LogP contribution in [0, 0.1) is 5.92 Å². The molecule has 88 valence electrons. The van der Waals surface area contributed by atoms with E-state index in [-0.39, 0.29) is 0 Å². The molecule has 1 heterocycles.